The van der Waals surface area contributed by atoms with E-state index in [0.29, 0.717) is 30.1 Å². The molecule has 0 aliphatic carbocycles. The van der Waals surface area contributed by atoms with Crippen LogP contribution in [-0.4, -0.2) is 36.7 Å². The number of methoxy groups -OCH3 is 1. The van der Waals surface area contributed by atoms with Gasteiger partial charge in [0.15, 0.2) is 0 Å². The molecule has 0 radical (unpaired) electrons. The molecule has 2 aromatic rings. The maximum absolute atomic E-state index is 12.8. The highest BCUT2D eigenvalue weighted by Crippen LogP contribution is 2.27. The average Bonchev–Trinajstić information content (AvgIpc) is 2.63. The summed E-state index contributed by atoms with van der Waals surface area (Å²) in [5.41, 5.74) is 3.13. The lowest BCUT2D eigenvalue weighted by Crippen LogP contribution is -2.30. The third-order valence-corrected chi connectivity index (χ3v) is 3.96. The van der Waals surface area contributed by atoms with E-state index in [-0.39, 0.29) is 5.91 Å². The minimum Gasteiger partial charge on any atom is -0.497 e. The predicted molar refractivity (Wildman–Crippen MR) is 98.6 cm³/mol. The topological polar surface area (TPSA) is 41.9 Å². The number of benzene rings is 2. The molecule has 0 spiro atoms. The van der Waals surface area contributed by atoms with Gasteiger partial charge in [-0.1, -0.05) is 30.3 Å². The van der Waals surface area contributed by atoms with Gasteiger partial charge in [-0.15, -0.1) is 0 Å². The van der Waals surface area contributed by atoms with Gasteiger partial charge in [0.05, 0.1) is 18.4 Å². The zero-order chi connectivity index (χ0) is 17.5. The summed E-state index contributed by atoms with van der Waals surface area (Å²) in [5, 5.41) is 0. The number of amides is 1. The summed E-state index contributed by atoms with van der Waals surface area (Å²) in [6.07, 6.45) is 0. The van der Waals surface area contributed by atoms with Crippen LogP contribution in [-0.2, 0) is 0 Å². The minimum atomic E-state index is -0.0292. The molecular formula is C20H24N2O2. The Kier molecular flexibility index (Phi) is 6.13. The monoisotopic (exact) mass is 324 g/mol. The van der Waals surface area contributed by atoms with E-state index in [2.05, 4.69) is 0 Å². The van der Waals surface area contributed by atoms with Crippen molar-refractivity contribution in [3.05, 3.63) is 59.7 Å². The first-order valence-corrected chi connectivity index (χ1v) is 8.18. The number of carbonyl (C=O) groups is 1. The van der Waals surface area contributed by atoms with Crippen LogP contribution in [0.25, 0.3) is 0 Å². The van der Waals surface area contributed by atoms with Crippen molar-refractivity contribution in [2.45, 2.75) is 20.8 Å². The molecule has 0 bridgehead atoms. The third-order valence-electron chi connectivity index (χ3n) is 3.96. The number of nitrogens with zero attached hydrogens (tertiary/aromatic N) is 2. The molecule has 0 unspecified atom stereocenters. The van der Waals surface area contributed by atoms with E-state index in [4.69, 9.17) is 9.73 Å². The number of hydrogen-bond donors (Lipinski definition) is 0. The lowest BCUT2D eigenvalue weighted by molar-refractivity contribution is 0.0773. The van der Waals surface area contributed by atoms with Crippen molar-refractivity contribution in [2.75, 3.05) is 20.2 Å². The van der Waals surface area contributed by atoms with Gasteiger partial charge in [0.2, 0.25) is 0 Å². The summed E-state index contributed by atoms with van der Waals surface area (Å²) >= 11 is 0. The Bertz CT molecular complexity index is 720. The molecule has 0 aromatic heterocycles. The molecule has 126 valence electrons. The third kappa shape index (κ3) is 4.02. The van der Waals surface area contributed by atoms with Crippen molar-refractivity contribution < 1.29 is 9.53 Å². The lowest BCUT2D eigenvalue weighted by atomic mass is 10.1. The lowest BCUT2D eigenvalue weighted by Gasteiger charge is -2.20. The van der Waals surface area contributed by atoms with Gasteiger partial charge >= 0.3 is 0 Å². The van der Waals surface area contributed by atoms with Crippen molar-refractivity contribution in [1.82, 2.24) is 4.90 Å². The predicted octanol–water partition coefficient (Wildman–Crippen LogP) is 4.32. The summed E-state index contributed by atoms with van der Waals surface area (Å²) in [6, 6.07) is 15.4. The summed E-state index contributed by atoms with van der Waals surface area (Å²) in [4.78, 5) is 19.3. The Morgan fingerprint density at radius 1 is 1.08 bits per heavy atom. The molecule has 2 rings (SSSR count). The molecule has 0 saturated carbocycles. The summed E-state index contributed by atoms with van der Waals surface area (Å²) in [7, 11) is 1.60. The highest BCUT2D eigenvalue weighted by Gasteiger charge is 2.17. The van der Waals surface area contributed by atoms with Gasteiger partial charge in [-0.2, -0.15) is 0 Å². The highest BCUT2D eigenvalue weighted by molar-refractivity contribution is 6.04. The van der Waals surface area contributed by atoms with Crippen molar-refractivity contribution in [2.24, 2.45) is 4.99 Å². The van der Waals surface area contributed by atoms with E-state index in [1.165, 1.54) is 0 Å². The Morgan fingerprint density at radius 2 is 1.75 bits per heavy atom. The van der Waals surface area contributed by atoms with Crippen LogP contribution >= 0.6 is 0 Å². The fraction of sp³-hybridized carbons (Fsp3) is 0.300. The molecule has 0 N–H and O–H groups in total. The van der Waals surface area contributed by atoms with E-state index in [0.717, 1.165) is 11.3 Å². The van der Waals surface area contributed by atoms with E-state index < -0.39 is 0 Å². The molecule has 0 aliphatic rings. The Labute approximate surface area is 143 Å². The van der Waals surface area contributed by atoms with Crippen LogP contribution in [0.1, 0.15) is 36.7 Å². The van der Waals surface area contributed by atoms with Gasteiger partial charge in [0, 0.05) is 18.8 Å². The quantitative estimate of drug-likeness (QED) is 0.743. The Morgan fingerprint density at radius 3 is 2.33 bits per heavy atom. The van der Waals surface area contributed by atoms with Crippen LogP contribution < -0.4 is 4.74 Å². The second-order valence-electron chi connectivity index (χ2n) is 5.42. The van der Waals surface area contributed by atoms with Gasteiger partial charge in [-0.25, -0.2) is 0 Å². The first kappa shape index (κ1) is 17.7. The van der Waals surface area contributed by atoms with Gasteiger partial charge in [-0.05, 0) is 44.5 Å². The fourth-order valence-corrected chi connectivity index (χ4v) is 2.52. The minimum absolute atomic E-state index is 0.0292. The largest absolute Gasteiger partial charge is 0.497 e. The second-order valence-corrected chi connectivity index (χ2v) is 5.42. The van der Waals surface area contributed by atoms with Gasteiger partial charge in [0.25, 0.3) is 5.91 Å². The first-order valence-electron chi connectivity index (χ1n) is 8.18. The molecular weight excluding hydrogens is 300 g/mol. The number of carbonyl (C=O) groups excluding carboxylic acids is 1. The van der Waals surface area contributed by atoms with Crippen LogP contribution in [0.5, 0.6) is 5.75 Å². The number of aliphatic imine (C=N–C) groups is 1. The van der Waals surface area contributed by atoms with Gasteiger partial charge < -0.3 is 9.64 Å². The molecule has 2 aromatic carbocycles. The molecule has 4 heteroatoms. The summed E-state index contributed by atoms with van der Waals surface area (Å²) in [5.74, 6) is 0.625. The summed E-state index contributed by atoms with van der Waals surface area (Å²) < 4.78 is 5.28. The number of hydrogen-bond acceptors (Lipinski definition) is 3. The SMILES string of the molecule is CCN(CC)C(=O)c1cc(OC)ccc1N=C(C)c1ccccc1. The number of ether oxygens (including phenoxy) is 1. The van der Waals surface area contributed by atoms with Crippen LogP contribution in [0, 0.1) is 0 Å². The van der Waals surface area contributed by atoms with E-state index >= 15 is 0 Å². The van der Waals surface area contributed by atoms with E-state index in [1.54, 1.807) is 18.1 Å². The molecule has 0 atom stereocenters. The zero-order valence-corrected chi connectivity index (χ0v) is 14.7. The van der Waals surface area contributed by atoms with Crippen LogP contribution in [0.15, 0.2) is 53.5 Å². The maximum atomic E-state index is 12.8. The van der Waals surface area contributed by atoms with Gasteiger partial charge in [0.1, 0.15) is 5.75 Å². The van der Waals surface area contributed by atoms with Crippen molar-refractivity contribution in [3.8, 4) is 5.75 Å². The maximum Gasteiger partial charge on any atom is 0.256 e. The second kappa shape index (κ2) is 8.29. The van der Waals surface area contributed by atoms with Crippen LogP contribution in [0.2, 0.25) is 0 Å². The molecule has 1 amide bonds. The van der Waals surface area contributed by atoms with Crippen LogP contribution in [0.4, 0.5) is 5.69 Å². The Hall–Kier alpha value is -2.62. The standard InChI is InChI=1S/C20H24N2O2/c1-5-22(6-2)20(23)18-14-17(24-4)12-13-19(18)21-15(3)16-10-8-7-9-11-16/h7-14H,5-6H2,1-4H3. The molecule has 0 fully saturated rings. The molecule has 24 heavy (non-hydrogen) atoms. The van der Waals surface area contributed by atoms with E-state index in [9.17, 15) is 4.79 Å². The van der Waals surface area contributed by atoms with Crippen molar-refractivity contribution >= 4 is 17.3 Å². The van der Waals surface area contributed by atoms with Crippen molar-refractivity contribution in [3.63, 3.8) is 0 Å². The zero-order valence-electron chi connectivity index (χ0n) is 14.7. The number of rotatable bonds is 6. The molecule has 4 nitrogen and oxygen atoms in total. The van der Waals surface area contributed by atoms with Gasteiger partial charge in [-0.3, -0.25) is 9.79 Å². The van der Waals surface area contributed by atoms with Crippen molar-refractivity contribution in [1.29, 1.82) is 0 Å². The smallest absolute Gasteiger partial charge is 0.256 e. The first-order chi connectivity index (χ1) is 11.6. The van der Waals surface area contributed by atoms with Crippen LogP contribution in [0.3, 0.4) is 0 Å². The normalized spacial score (nSPS) is 11.2. The Balaban J connectivity index is 2.48. The fourth-order valence-electron chi connectivity index (χ4n) is 2.52. The molecule has 0 heterocycles. The average molecular weight is 324 g/mol. The summed E-state index contributed by atoms with van der Waals surface area (Å²) in [6.45, 7) is 7.21. The van der Waals surface area contributed by atoms with E-state index in [1.807, 2.05) is 63.2 Å². The molecule has 0 saturated heterocycles. The molecule has 0 aliphatic heterocycles. The highest BCUT2D eigenvalue weighted by atomic mass is 16.5.